The SMILES string of the molecule is C=C(C)C(=O)NC1CC(C)CCC(CC(=O)OC(C)(C)C)C1. The monoisotopic (exact) mass is 309 g/mol. The highest BCUT2D eigenvalue weighted by Gasteiger charge is 2.28. The van der Waals surface area contributed by atoms with Crippen molar-refractivity contribution in [1.82, 2.24) is 5.32 Å². The van der Waals surface area contributed by atoms with Gasteiger partial charge in [-0.2, -0.15) is 0 Å². The highest BCUT2D eigenvalue weighted by atomic mass is 16.6. The summed E-state index contributed by atoms with van der Waals surface area (Å²) in [6.45, 7) is 13.3. The number of ether oxygens (including phenoxy) is 1. The number of hydrogen-bond acceptors (Lipinski definition) is 3. The Labute approximate surface area is 134 Å². The molecule has 1 fully saturated rings. The fourth-order valence-electron chi connectivity index (χ4n) is 2.97. The molecule has 1 aliphatic rings. The second-order valence-electron chi connectivity index (χ2n) is 7.76. The Hall–Kier alpha value is -1.32. The van der Waals surface area contributed by atoms with Crippen molar-refractivity contribution < 1.29 is 14.3 Å². The van der Waals surface area contributed by atoms with Crippen molar-refractivity contribution in [2.24, 2.45) is 11.8 Å². The van der Waals surface area contributed by atoms with Crippen LogP contribution in [0, 0.1) is 11.8 Å². The number of nitrogens with one attached hydrogen (secondary N) is 1. The molecule has 1 amide bonds. The lowest BCUT2D eigenvalue weighted by Crippen LogP contribution is -2.37. The van der Waals surface area contributed by atoms with E-state index in [9.17, 15) is 9.59 Å². The first-order valence-electron chi connectivity index (χ1n) is 8.25. The molecule has 126 valence electrons. The first-order chi connectivity index (χ1) is 10.1. The van der Waals surface area contributed by atoms with Crippen LogP contribution < -0.4 is 5.32 Å². The van der Waals surface area contributed by atoms with Gasteiger partial charge < -0.3 is 10.1 Å². The van der Waals surface area contributed by atoms with E-state index in [1.807, 2.05) is 20.8 Å². The van der Waals surface area contributed by atoms with Crippen molar-refractivity contribution >= 4 is 11.9 Å². The zero-order valence-corrected chi connectivity index (χ0v) is 14.7. The van der Waals surface area contributed by atoms with Crippen molar-refractivity contribution in [3.63, 3.8) is 0 Å². The number of esters is 1. The summed E-state index contributed by atoms with van der Waals surface area (Å²) in [5, 5.41) is 3.05. The first-order valence-corrected chi connectivity index (χ1v) is 8.25. The van der Waals surface area contributed by atoms with Gasteiger partial charge in [-0.1, -0.05) is 19.9 Å². The third-order valence-electron chi connectivity index (χ3n) is 3.97. The average molecular weight is 309 g/mol. The molecule has 0 saturated heterocycles. The molecular weight excluding hydrogens is 278 g/mol. The summed E-state index contributed by atoms with van der Waals surface area (Å²) < 4.78 is 5.42. The zero-order chi connectivity index (χ0) is 16.9. The van der Waals surface area contributed by atoms with Gasteiger partial charge in [-0.25, -0.2) is 0 Å². The number of hydrogen-bond donors (Lipinski definition) is 1. The lowest BCUT2D eigenvalue weighted by Gasteiger charge is -2.24. The number of rotatable bonds is 4. The van der Waals surface area contributed by atoms with E-state index in [2.05, 4.69) is 18.8 Å². The van der Waals surface area contributed by atoms with Gasteiger partial charge in [0.05, 0.1) is 0 Å². The topological polar surface area (TPSA) is 55.4 Å². The van der Waals surface area contributed by atoms with Crippen molar-refractivity contribution in [3.05, 3.63) is 12.2 Å². The Balaban J connectivity index is 2.61. The molecule has 0 spiro atoms. The Kier molecular flexibility index (Phi) is 6.64. The highest BCUT2D eigenvalue weighted by molar-refractivity contribution is 5.92. The molecule has 3 atom stereocenters. The Morgan fingerprint density at radius 2 is 1.86 bits per heavy atom. The van der Waals surface area contributed by atoms with Gasteiger partial charge in [-0.05, 0) is 58.8 Å². The number of amides is 1. The van der Waals surface area contributed by atoms with Gasteiger partial charge in [0.2, 0.25) is 5.91 Å². The van der Waals surface area contributed by atoms with Crippen LogP contribution in [0.3, 0.4) is 0 Å². The van der Waals surface area contributed by atoms with Gasteiger partial charge in [0.15, 0.2) is 0 Å². The molecule has 0 heterocycles. The molecule has 0 aromatic rings. The van der Waals surface area contributed by atoms with Gasteiger partial charge in [-0.15, -0.1) is 0 Å². The molecule has 22 heavy (non-hydrogen) atoms. The van der Waals surface area contributed by atoms with Gasteiger partial charge >= 0.3 is 5.97 Å². The molecule has 0 aromatic carbocycles. The van der Waals surface area contributed by atoms with E-state index < -0.39 is 5.60 Å². The summed E-state index contributed by atoms with van der Waals surface area (Å²) in [5.41, 5.74) is 0.0865. The molecule has 1 aliphatic carbocycles. The van der Waals surface area contributed by atoms with Crippen LogP contribution in [0.5, 0.6) is 0 Å². The molecule has 0 aromatic heterocycles. The van der Waals surface area contributed by atoms with Crippen LogP contribution in [0.4, 0.5) is 0 Å². The second-order valence-corrected chi connectivity index (χ2v) is 7.76. The van der Waals surface area contributed by atoms with Crippen molar-refractivity contribution in [1.29, 1.82) is 0 Å². The number of carbonyl (C=O) groups excluding carboxylic acids is 2. The summed E-state index contributed by atoms with van der Waals surface area (Å²) in [4.78, 5) is 23.9. The van der Waals surface area contributed by atoms with E-state index >= 15 is 0 Å². The van der Waals surface area contributed by atoms with Crippen LogP contribution in [0.15, 0.2) is 12.2 Å². The molecule has 3 unspecified atom stereocenters. The van der Waals surface area contributed by atoms with Crippen LogP contribution in [-0.2, 0) is 14.3 Å². The summed E-state index contributed by atoms with van der Waals surface area (Å²) in [5.74, 6) is 0.599. The van der Waals surface area contributed by atoms with E-state index in [4.69, 9.17) is 4.74 Å². The molecule has 1 rings (SSSR count). The molecule has 4 heteroatoms. The standard InChI is InChI=1S/C18H31NO3/c1-12(2)17(21)19-15-9-13(3)7-8-14(10-15)11-16(20)22-18(4,5)6/h13-15H,1,7-11H2,2-6H3,(H,19,21). The first kappa shape index (κ1) is 18.7. The maximum atomic E-state index is 12.0. The normalized spacial score (nSPS) is 26.0. The van der Waals surface area contributed by atoms with Gasteiger partial charge in [0, 0.05) is 18.0 Å². The average Bonchev–Trinajstić information content (AvgIpc) is 2.48. The lowest BCUT2D eigenvalue weighted by atomic mass is 9.94. The van der Waals surface area contributed by atoms with Gasteiger partial charge in [-0.3, -0.25) is 9.59 Å². The fourth-order valence-corrected chi connectivity index (χ4v) is 2.97. The molecule has 0 radical (unpaired) electrons. The van der Waals surface area contributed by atoms with E-state index in [0.29, 0.717) is 17.9 Å². The molecular formula is C18H31NO3. The van der Waals surface area contributed by atoms with Crippen LogP contribution in [0.2, 0.25) is 0 Å². The van der Waals surface area contributed by atoms with E-state index in [1.165, 1.54) is 0 Å². The Morgan fingerprint density at radius 1 is 1.23 bits per heavy atom. The number of carbonyl (C=O) groups is 2. The minimum absolute atomic E-state index is 0.0879. The molecule has 0 aliphatic heterocycles. The molecule has 0 bridgehead atoms. The van der Waals surface area contributed by atoms with E-state index in [1.54, 1.807) is 6.92 Å². The minimum atomic E-state index is -0.442. The van der Waals surface area contributed by atoms with E-state index in [0.717, 1.165) is 25.7 Å². The van der Waals surface area contributed by atoms with Crippen LogP contribution in [0.1, 0.15) is 66.7 Å². The maximum Gasteiger partial charge on any atom is 0.306 e. The van der Waals surface area contributed by atoms with Crippen LogP contribution in [-0.4, -0.2) is 23.5 Å². The van der Waals surface area contributed by atoms with Crippen LogP contribution >= 0.6 is 0 Å². The minimum Gasteiger partial charge on any atom is -0.460 e. The van der Waals surface area contributed by atoms with Gasteiger partial charge in [0.1, 0.15) is 5.60 Å². The maximum absolute atomic E-state index is 12.0. The predicted molar refractivity (Wildman–Crippen MR) is 88.3 cm³/mol. The van der Waals surface area contributed by atoms with Crippen molar-refractivity contribution in [3.8, 4) is 0 Å². The molecule has 1 N–H and O–H groups in total. The summed E-state index contributed by atoms with van der Waals surface area (Å²) >= 11 is 0. The molecule has 1 saturated carbocycles. The predicted octanol–water partition coefficient (Wildman–Crippen LogP) is 3.61. The third-order valence-corrected chi connectivity index (χ3v) is 3.97. The highest BCUT2D eigenvalue weighted by Crippen LogP contribution is 2.30. The van der Waals surface area contributed by atoms with Gasteiger partial charge in [0.25, 0.3) is 0 Å². The largest absolute Gasteiger partial charge is 0.460 e. The molecule has 4 nitrogen and oxygen atoms in total. The fraction of sp³-hybridized carbons (Fsp3) is 0.778. The lowest BCUT2D eigenvalue weighted by molar-refractivity contribution is -0.156. The smallest absolute Gasteiger partial charge is 0.306 e. The Morgan fingerprint density at radius 3 is 2.41 bits per heavy atom. The summed E-state index contributed by atoms with van der Waals surface area (Å²) in [7, 11) is 0. The second kappa shape index (κ2) is 7.80. The quantitative estimate of drug-likeness (QED) is 0.490. The van der Waals surface area contributed by atoms with E-state index in [-0.39, 0.29) is 23.8 Å². The van der Waals surface area contributed by atoms with Crippen molar-refractivity contribution in [2.75, 3.05) is 0 Å². The third kappa shape index (κ3) is 7.10. The van der Waals surface area contributed by atoms with Crippen molar-refractivity contribution in [2.45, 2.75) is 78.4 Å². The summed E-state index contributed by atoms with van der Waals surface area (Å²) in [6.07, 6.45) is 4.34. The Bertz CT molecular complexity index is 423. The zero-order valence-electron chi connectivity index (χ0n) is 14.7. The van der Waals surface area contributed by atoms with Crippen LogP contribution in [0.25, 0.3) is 0 Å². The summed E-state index contributed by atoms with van der Waals surface area (Å²) in [6, 6.07) is 0.120.